The van der Waals surface area contributed by atoms with Crippen LogP contribution in [0.15, 0.2) is 41.7 Å². The summed E-state index contributed by atoms with van der Waals surface area (Å²) in [6.45, 7) is 1.99. The molecule has 0 amide bonds. The van der Waals surface area contributed by atoms with E-state index in [1.165, 1.54) is 6.33 Å². The van der Waals surface area contributed by atoms with E-state index in [1.54, 1.807) is 26.6 Å². The van der Waals surface area contributed by atoms with Gasteiger partial charge in [-0.05, 0) is 6.07 Å². The van der Waals surface area contributed by atoms with E-state index < -0.39 is 0 Å². The maximum Gasteiger partial charge on any atom is 0.255 e. The summed E-state index contributed by atoms with van der Waals surface area (Å²) in [5, 5.41) is 0. The average molecular weight is 379 g/mol. The normalized spacial score (nSPS) is 13.8. The molecule has 1 aliphatic rings. The van der Waals surface area contributed by atoms with Crippen LogP contribution in [0.3, 0.4) is 0 Å². The molecule has 1 aliphatic heterocycles. The van der Waals surface area contributed by atoms with Crippen molar-refractivity contribution in [3.05, 3.63) is 64.1 Å². The highest BCUT2D eigenvalue weighted by atomic mass is 16.5. The third-order valence-corrected chi connectivity index (χ3v) is 4.86. The molecule has 0 spiro atoms. The minimum atomic E-state index is -0.119. The van der Waals surface area contributed by atoms with Crippen LogP contribution in [0, 0.1) is 0 Å². The first kappa shape index (κ1) is 18.1. The minimum Gasteiger partial charge on any atom is -0.493 e. The fourth-order valence-electron chi connectivity index (χ4n) is 3.49. The van der Waals surface area contributed by atoms with E-state index >= 15 is 0 Å². The van der Waals surface area contributed by atoms with Crippen molar-refractivity contribution in [1.82, 2.24) is 24.8 Å². The standard InChI is InChI=1S/C20H21N5O3/c1-27-17-5-3-4-13(18(17)28-2)10-25-7-6-16-15(11-25)20(26)24-19(23-16)14-8-21-12-22-9-14/h3-5,8-9,12H,6-7,10-11H2,1-2H3,(H,23,24,26). The quantitative estimate of drug-likeness (QED) is 0.722. The van der Waals surface area contributed by atoms with Gasteiger partial charge in [-0.15, -0.1) is 0 Å². The molecule has 4 rings (SSSR count). The molecule has 8 heteroatoms. The van der Waals surface area contributed by atoms with Crippen molar-refractivity contribution in [2.24, 2.45) is 0 Å². The third kappa shape index (κ3) is 3.46. The second kappa shape index (κ2) is 7.77. The van der Waals surface area contributed by atoms with E-state index in [-0.39, 0.29) is 5.56 Å². The number of aromatic nitrogens is 4. The van der Waals surface area contributed by atoms with Crippen LogP contribution in [0.1, 0.15) is 16.8 Å². The van der Waals surface area contributed by atoms with Gasteiger partial charge in [-0.1, -0.05) is 12.1 Å². The first-order chi connectivity index (χ1) is 13.7. The SMILES string of the molecule is COc1cccc(CN2CCc3nc(-c4cncnc4)[nH]c(=O)c3C2)c1OC. The van der Waals surface area contributed by atoms with Crippen molar-refractivity contribution in [2.45, 2.75) is 19.5 Å². The number of nitrogens with zero attached hydrogens (tertiary/aromatic N) is 4. The first-order valence-corrected chi connectivity index (χ1v) is 8.99. The molecule has 3 aromatic rings. The van der Waals surface area contributed by atoms with Gasteiger partial charge in [0.25, 0.3) is 5.56 Å². The van der Waals surface area contributed by atoms with E-state index in [0.29, 0.717) is 42.2 Å². The van der Waals surface area contributed by atoms with Crippen molar-refractivity contribution in [3.63, 3.8) is 0 Å². The van der Waals surface area contributed by atoms with Crippen LogP contribution in [0.5, 0.6) is 11.5 Å². The van der Waals surface area contributed by atoms with Crippen LogP contribution < -0.4 is 15.0 Å². The van der Waals surface area contributed by atoms with E-state index in [2.05, 4.69) is 24.8 Å². The van der Waals surface area contributed by atoms with E-state index in [0.717, 1.165) is 23.6 Å². The highest BCUT2D eigenvalue weighted by Crippen LogP contribution is 2.32. The van der Waals surface area contributed by atoms with Gasteiger partial charge in [-0.25, -0.2) is 15.0 Å². The molecule has 2 aromatic heterocycles. The molecule has 0 fully saturated rings. The molecule has 0 radical (unpaired) electrons. The van der Waals surface area contributed by atoms with Crippen LogP contribution in [-0.4, -0.2) is 45.6 Å². The predicted molar refractivity (Wildman–Crippen MR) is 103 cm³/mol. The number of methoxy groups -OCH3 is 2. The number of para-hydroxylation sites is 1. The summed E-state index contributed by atoms with van der Waals surface area (Å²) in [6.07, 6.45) is 5.43. The molecule has 0 saturated heterocycles. The summed E-state index contributed by atoms with van der Waals surface area (Å²) >= 11 is 0. The lowest BCUT2D eigenvalue weighted by Crippen LogP contribution is -2.35. The number of rotatable bonds is 5. The van der Waals surface area contributed by atoms with Crippen LogP contribution in [0.25, 0.3) is 11.4 Å². The molecule has 1 aromatic carbocycles. The Balaban J connectivity index is 1.59. The maximum atomic E-state index is 12.7. The van der Waals surface area contributed by atoms with Gasteiger partial charge in [0.2, 0.25) is 0 Å². The van der Waals surface area contributed by atoms with Gasteiger partial charge in [-0.2, -0.15) is 0 Å². The number of H-pyrrole nitrogens is 1. The molecular formula is C20H21N5O3. The Hall–Kier alpha value is -3.26. The highest BCUT2D eigenvalue weighted by molar-refractivity contribution is 5.52. The van der Waals surface area contributed by atoms with Gasteiger partial charge in [0.15, 0.2) is 11.5 Å². The van der Waals surface area contributed by atoms with Gasteiger partial charge in [0.05, 0.1) is 31.0 Å². The van der Waals surface area contributed by atoms with E-state index in [9.17, 15) is 4.79 Å². The van der Waals surface area contributed by atoms with E-state index in [1.807, 2.05) is 18.2 Å². The fraction of sp³-hybridized carbons (Fsp3) is 0.300. The van der Waals surface area contributed by atoms with Crippen LogP contribution >= 0.6 is 0 Å². The molecule has 1 N–H and O–H groups in total. The average Bonchev–Trinajstić information content (AvgIpc) is 2.74. The fourth-order valence-corrected chi connectivity index (χ4v) is 3.49. The Labute approximate surface area is 162 Å². The first-order valence-electron chi connectivity index (χ1n) is 8.99. The van der Waals surface area contributed by atoms with Gasteiger partial charge in [-0.3, -0.25) is 9.69 Å². The van der Waals surface area contributed by atoms with Crippen molar-refractivity contribution in [1.29, 1.82) is 0 Å². The molecule has 0 unspecified atom stereocenters. The third-order valence-electron chi connectivity index (χ3n) is 4.86. The van der Waals surface area contributed by atoms with Crippen LogP contribution in [0.2, 0.25) is 0 Å². The second-order valence-corrected chi connectivity index (χ2v) is 6.58. The van der Waals surface area contributed by atoms with Gasteiger partial charge in [0, 0.05) is 44.0 Å². The predicted octanol–water partition coefficient (Wildman–Crippen LogP) is 1.80. The lowest BCUT2D eigenvalue weighted by atomic mass is 10.1. The monoisotopic (exact) mass is 379 g/mol. The Morgan fingerprint density at radius 2 is 2.00 bits per heavy atom. The molecule has 0 saturated carbocycles. The molecule has 8 nitrogen and oxygen atoms in total. The van der Waals surface area contributed by atoms with Crippen molar-refractivity contribution >= 4 is 0 Å². The largest absolute Gasteiger partial charge is 0.493 e. The Bertz CT molecular complexity index is 1040. The number of benzene rings is 1. The molecule has 0 bridgehead atoms. The van der Waals surface area contributed by atoms with Crippen molar-refractivity contribution in [3.8, 4) is 22.9 Å². The van der Waals surface area contributed by atoms with Crippen molar-refractivity contribution < 1.29 is 9.47 Å². The number of fused-ring (bicyclic) bond motifs is 1. The number of aromatic amines is 1. The molecule has 0 aliphatic carbocycles. The Morgan fingerprint density at radius 3 is 2.75 bits per heavy atom. The lowest BCUT2D eigenvalue weighted by Gasteiger charge is -2.28. The van der Waals surface area contributed by atoms with Crippen molar-refractivity contribution in [2.75, 3.05) is 20.8 Å². The summed E-state index contributed by atoms with van der Waals surface area (Å²) < 4.78 is 10.9. The topological polar surface area (TPSA) is 93.2 Å². The summed E-state index contributed by atoms with van der Waals surface area (Å²) in [5.41, 5.74) is 3.13. The zero-order valence-corrected chi connectivity index (χ0v) is 15.8. The number of ether oxygens (including phenoxy) is 2. The lowest BCUT2D eigenvalue weighted by molar-refractivity contribution is 0.237. The van der Waals surface area contributed by atoms with Crippen LogP contribution in [-0.2, 0) is 19.5 Å². The zero-order chi connectivity index (χ0) is 19.5. The maximum absolute atomic E-state index is 12.7. The smallest absolute Gasteiger partial charge is 0.255 e. The molecule has 0 atom stereocenters. The minimum absolute atomic E-state index is 0.119. The summed E-state index contributed by atoms with van der Waals surface area (Å²) in [4.78, 5) is 30.4. The molecular weight excluding hydrogens is 358 g/mol. The Morgan fingerprint density at radius 1 is 1.18 bits per heavy atom. The van der Waals surface area contributed by atoms with Crippen LogP contribution in [0.4, 0.5) is 0 Å². The number of hydrogen-bond donors (Lipinski definition) is 1. The zero-order valence-electron chi connectivity index (χ0n) is 15.8. The Kier molecular flexibility index (Phi) is 5.03. The highest BCUT2D eigenvalue weighted by Gasteiger charge is 2.23. The summed E-state index contributed by atoms with van der Waals surface area (Å²) in [7, 11) is 3.26. The molecule has 3 heterocycles. The van der Waals surface area contributed by atoms with Gasteiger partial charge >= 0.3 is 0 Å². The number of hydrogen-bond acceptors (Lipinski definition) is 7. The second-order valence-electron chi connectivity index (χ2n) is 6.58. The van der Waals surface area contributed by atoms with Gasteiger partial charge in [0.1, 0.15) is 12.2 Å². The molecule has 144 valence electrons. The summed E-state index contributed by atoms with van der Waals surface area (Å²) in [6, 6.07) is 5.83. The molecule has 28 heavy (non-hydrogen) atoms. The van der Waals surface area contributed by atoms with E-state index in [4.69, 9.17) is 9.47 Å². The van der Waals surface area contributed by atoms with Gasteiger partial charge < -0.3 is 14.5 Å². The number of nitrogens with one attached hydrogen (secondary N) is 1. The summed E-state index contributed by atoms with van der Waals surface area (Å²) in [5.74, 6) is 1.93.